The van der Waals surface area contributed by atoms with Crippen molar-refractivity contribution in [3.63, 3.8) is 0 Å². The average molecular weight is 400 g/mol. The van der Waals surface area contributed by atoms with Gasteiger partial charge in [0.2, 0.25) is 12.8 Å². The van der Waals surface area contributed by atoms with Crippen molar-refractivity contribution in [3.05, 3.63) is 25.3 Å². The molecule has 0 rings (SSSR count). The summed E-state index contributed by atoms with van der Waals surface area (Å²) in [5.41, 5.74) is 0. The highest BCUT2D eigenvalue weighted by Gasteiger charge is 2.05. The van der Waals surface area contributed by atoms with Crippen molar-refractivity contribution in [2.75, 3.05) is 39.5 Å². The molecule has 0 aliphatic heterocycles. The summed E-state index contributed by atoms with van der Waals surface area (Å²) in [6.07, 6.45) is 6.30. The highest BCUT2D eigenvalue weighted by atomic mass is 16.7. The number of hydroxylamine groups is 4. The first kappa shape index (κ1) is 25.3. The van der Waals surface area contributed by atoms with E-state index in [0.29, 0.717) is 38.8 Å². The van der Waals surface area contributed by atoms with Gasteiger partial charge in [0.1, 0.15) is 26.4 Å². The topological polar surface area (TPSA) is 112 Å². The summed E-state index contributed by atoms with van der Waals surface area (Å²) in [6.45, 7) is 7.56. The Bertz CT molecular complexity index is 454. The molecule has 0 spiro atoms. The Kier molecular flexibility index (Phi) is 16.0. The zero-order valence-corrected chi connectivity index (χ0v) is 16.0. The van der Waals surface area contributed by atoms with Gasteiger partial charge in [-0.1, -0.05) is 26.0 Å². The van der Waals surface area contributed by atoms with Crippen LogP contribution >= 0.6 is 0 Å². The van der Waals surface area contributed by atoms with Gasteiger partial charge in [-0.25, -0.2) is 19.7 Å². The molecule has 0 bridgehead atoms. The van der Waals surface area contributed by atoms with Gasteiger partial charge in [-0.05, 0) is 12.8 Å². The van der Waals surface area contributed by atoms with Gasteiger partial charge in [-0.2, -0.15) is 0 Å². The summed E-state index contributed by atoms with van der Waals surface area (Å²) in [6, 6.07) is 0. The van der Waals surface area contributed by atoms with Crippen molar-refractivity contribution in [2.24, 2.45) is 0 Å². The second kappa shape index (κ2) is 17.7. The zero-order chi connectivity index (χ0) is 21.0. The number of hydrogen-bond acceptors (Lipinski definition) is 8. The lowest BCUT2D eigenvalue weighted by Gasteiger charge is -2.17. The molecule has 0 radical (unpaired) electrons. The normalized spacial score (nSPS) is 9.86. The maximum atomic E-state index is 10.9. The molecule has 0 aliphatic carbocycles. The van der Waals surface area contributed by atoms with Gasteiger partial charge in [0.15, 0.2) is 0 Å². The minimum atomic E-state index is -0.549. The summed E-state index contributed by atoms with van der Waals surface area (Å²) in [5, 5.41) is 2.29. The fraction of sp³-hybridized carbons (Fsp3) is 0.556. The Morgan fingerprint density at radius 3 is 1.39 bits per heavy atom. The molecule has 0 aromatic rings. The SMILES string of the molecule is C=CC(=O)OCCON(C=O)CCCCCCN(C=O)OCCOC(=O)C=C. The van der Waals surface area contributed by atoms with Gasteiger partial charge in [-0.15, -0.1) is 0 Å². The van der Waals surface area contributed by atoms with Gasteiger partial charge in [0.05, 0.1) is 0 Å². The Balaban J connectivity index is 3.69. The summed E-state index contributed by atoms with van der Waals surface area (Å²) in [4.78, 5) is 53.8. The summed E-state index contributed by atoms with van der Waals surface area (Å²) < 4.78 is 9.46. The number of esters is 2. The van der Waals surface area contributed by atoms with E-state index in [0.717, 1.165) is 35.1 Å². The number of unbranched alkanes of at least 4 members (excludes halogenated alkanes) is 3. The van der Waals surface area contributed by atoms with Crippen LogP contribution in [0.5, 0.6) is 0 Å². The predicted molar refractivity (Wildman–Crippen MR) is 98.2 cm³/mol. The van der Waals surface area contributed by atoms with Gasteiger partial charge in [0, 0.05) is 25.2 Å². The molecule has 0 fully saturated rings. The van der Waals surface area contributed by atoms with Crippen molar-refractivity contribution in [1.82, 2.24) is 10.1 Å². The Morgan fingerprint density at radius 1 is 0.679 bits per heavy atom. The van der Waals surface area contributed by atoms with Crippen LogP contribution in [0.15, 0.2) is 25.3 Å². The van der Waals surface area contributed by atoms with Gasteiger partial charge >= 0.3 is 11.9 Å². The first-order valence-electron chi connectivity index (χ1n) is 8.85. The Morgan fingerprint density at radius 2 is 1.07 bits per heavy atom. The molecule has 0 atom stereocenters. The molecule has 2 amide bonds. The minimum Gasteiger partial charge on any atom is -0.460 e. The monoisotopic (exact) mass is 400 g/mol. The molecule has 158 valence electrons. The van der Waals surface area contributed by atoms with E-state index in [9.17, 15) is 19.2 Å². The van der Waals surface area contributed by atoms with Crippen LogP contribution in [0.3, 0.4) is 0 Å². The highest BCUT2D eigenvalue weighted by molar-refractivity contribution is 5.81. The minimum absolute atomic E-state index is 0.0313. The number of hydrogen-bond donors (Lipinski definition) is 0. The summed E-state index contributed by atoms with van der Waals surface area (Å²) in [5.74, 6) is -1.10. The van der Waals surface area contributed by atoms with Crippen LogP contribution in [-0.4, -0.2) is 74.4 Å². The van der Waals surface area contributed by atoms with Gasteiger partial charge < -0.3 is 9.47 Å². The van der Waals surface area contributed by atoms with Crippen molar-refractivity contribution < 1.29 is 38.3 Å². The molecule has 10 heteroatoms. The maximum absolute atomic E-state index is 10.9. The number of carbonyl (C=O) groups excluding carboxylic acids is 4. The fourth-order valence-electron chi connectivity index (χ4n) is 1.90. The third-order valence-corrected chi connectivity index (χ3v) is 3.24. The van der Waals surface area contributed by atoms with E-state index in [4.69, 9.17) is 19.1 Å². The lowest BCUT2D eigenvalue weighted by Crippen LogP contribution is -2.26. The fourth-order valence-corrected chi connectivity index (χ4v) is 1.90. The zero-order valence-electron chi connectivity index (χ0n) is 16.0. The molecule has 10 nitrogen and oxygen atoms in total. The van der Waals surface area contributed by atoms with E-state index < -0.39 is 11.9 Å². The number of ether oxygens (including phenoxy) is 2. The molecule has 0 aromatic heterocycles. The van der Waals surface area contributed by atoms with Crippen LogP contribution in [0.25, 0.3) is 0 Å². The quantitative estimate of drug-likeness (QED) is 0.103. The van der Waals surface area contributed by atoms with E-state index >= 15 is 0 Å². The largest absolute Gasteiger partial charge is 0.460 e. The standard InChI is InChI=1S/C18H28N2O8/c1-3-17(23)25-11-13-27-19(15-21)9-7-5-6-8-10-20(16-22)28-14-12-26-18(24)4-2/h3-4,15-16H,1-2,5-14H2. The van der Waals surface area contributed by atoms with E-state index in [1.165, 1.54) is 0 Å². The Hall–Kier alpha value is -2.72. The van der Waals surface area contributed by atoms with Crippen molar-refractivity contribution >= 4 is 24.8 Å². The van der Waals surface area contributed by atoms with Crippen molar-refractivity contribution in [2.45, 2.75) is 25.7 Å². The second-order valence-electron chi connectivity index (χ2n) is 5.32. The van der Waals surface area contributed by atoms with Crippen LogP contribution in [-0.2, 0) is 38.3 Å². The number of amides is 2. The maximum Gasteiger partial charge on any atom is 0.330 e. The molecule has 0 heterocycles. The lowest BCUT2D eigenvalue weighted by atomic mass is 10.2. The Labute approximate surface area is 164 Å². The molecule has 0 aliphatic rings. The first-order valence-corrected chi connectivity index (χ1v) is 8.85. The number of carbonyl (C=O) groups is 4. The van der Waals surface area contributed by atoms with Crippen LogP contribution in [0, 0.1) is 0 Å². The van der Waals surface area contributed by atoms with E-state index in [1.807, 2.05) is 0 Å². The van der Waals surface area contributed by atoms with E-state index in [1.54, 1.807) is 0 Å². The van der Waals surface area contributed by atoms with Crippen LogP contribution in [0.4, 0.5) is 0 Å². The van der Waals surface area contributed by atoms with Crippen molar-refractivity contribution in [1.29, 1.82) is 0 Å². The van der Waals surface area contributed by atoms with E-state index in [-0.39, 0.29) is 26.4 Å². The summed E-state index contributed by atoms with van der Waals surface area (Å²) in [7, 11) is 0. The third-order valence-electron chi connectivity index (χ3n) is 3.24. The smallest absolute Gasteiger partial charge is 0.330 e. The predicted octanol–water partition coefficient (Wildman–Crippen LogP) is 0.785. The van der Waals surface area contributed by atoms with Crippen LogP contribution in [0.2, 0.25) is 0 Å². The van der Waals surface area contributed by atoms with Crippen molar-refractivity contribution in [3.8, 4) is 0 Å². The van der Waals surface area contributed by atoms with Crippen LogP contribution < -0.4 is 0 Å². The molecular formula is C18H28N2O8. The van der Waals surface area contributed by atoms with E-state index in [2.05, 4.69) is 13.2 Å². The van der Waals surface area contributed by atoms with Gasteiger partial charge in [-0.3, -0.25) is 19.3 Å². The average Bonchev–Trinajstić information content (AvgIpc) is 2.72. The molecule has 0 saturated heterocycles. The molecular weight excluding hydrogens is 372 g/mol. The highest BCUT2D eigenvalue weighted by Crippen LogP contribution is 2.03. The molecule has 0 unspecified atom stereocenters. The molecule has 0 aromatic carbocycles. The first-order chi connectivity index (χ1) is 13.6. The van der Waals surface area contributed by atoms with Crippen LogP contribution in [0.1, 0.15) is 25.7 Å². The molecule has 0 saturated carbocycles. The lowest BCUT2D eigenvalue weighted by molar-refractivity contribution is -0.180. The third kappa shape index (κ3) is 14.4. The second-order valence-corrected chi connectivity index (χ2v) is 5.32. The number of rotatable bonds is 19. The number of nitrogens with zero attached hydrogens (tertiary/aromatic N) is 2. The molecule has 28 heavy (non-hydrogen) atoms. The molecule has 0 N–H and O–H groups in total. The summed E-state index contributed by atoms with van der Waals surface area (Å²) >= 11 is 0. The van der Waals surface area contributed by atoms with Gasteiger partial charge in [0.25, 0.3) is 0 Å².